The maximum Gasteiger partial charge on any atom is 0.276 e. The van der Waals surface area contributed by atoms with E-state index in [0.29, 0.717) is 31.2 Å². The average molecular weight is 253 g/mol. The van der Waals surface area contributed by atoms with Gasteiger partial charge in [-0.25, -0.2) is 4.98 Å². The second-order valence-electron chi connectivity index (χ2n) is 4.37. The first-order valence-electron chi connectivity index (χ1n) is 5.84. The molecule has 18 heavy (non-hydrogen) atoms. The number of hydrogen-bond acceptors (Lipinski definition) is 5. The highest BCUT2D eigenvalue weighted by atomic mass is 16.1. The van der Waals surface area contributed by atoms with Gasteiger partial charge in [-0.15, -0.1) is 0 Å². The highest BCUT2D eigenvalue weighted by Gasteiger charge is 2.05. The Morgan fingerprint density at radius 1 is 1.56 bits per heavy atom. The van der Waals surface area contributed by atoms with E-state index >= 15 is 0 Å². The molecule has 1 aromatic heterocycles. The molecule has 0 fully saturated rings. The average Bonchev–Trinajstić information content (AvgIpc) is 2.32. The summed E-state index contributed by atoms with van der Waals surface area (Å²) in [6.07, 6.45) is 1.57. The lowest BCUT2D eigenvalue weighted by atomic mass is 10.2. The molecule has 0 radical (unpaired) electrons. The third-order valence-corrected chi connectivity index (χ3v) is 2.24. The van der Waals surface area contributed by atoms with Crippen molar-refractivity contribution in [2.75, 3.05) is 24.1 Å². The molecule has 0 saturated heterocycles. The van der Waals surface area contributed by atoms with Crippen molar-refractivity contribution in [2.24, 2.45) is 5.92 Å². The Balaban J connectivity index is 2.35. The van der Waals surface area contributed by atoms with E-state index in [1.54, 1.807) is 0 Å². The predicted molar refractivity (Wildman–Crippen MR) is 70.2 cm³/mol. The first-order valence-corrected chi connectivity index (χ1v) is 5.84. The van der Waals surface area contributed by atoms with E-state index in [4.69, 9.17) is 5.73 Å². The van der Waals surface area contributed by atoms with E-state index in [1.807, 2.05) is 13.8 Å². The van der Waals surface area contributed by atoms with Crippen LogP contribution in [0.3, 0.4) is 0 Å². The number of H-pyrrole nitrogens is 1. The smallest absolute Gasteiger partial charge is 0.276 e. The number of hydrogen-bond donors (Lipinski definition) is 4. The van der Waals surface area contributed by atoms with Crippen LogP contribution in [-0.4, -0.2) is 29.0 Å². The van der Waals surface area contributed by atoms with Crippen LogP contribution in [0, 0.1) is 5.92 Å². The van der Waals surface area contributed by atoms with Gasteiger partial charge >= 0.3 is 0 Å². The molecule has 1 amide bonds. The number of carbonyl (C=O) groups excluding carboxylic acids is 1. The molecule has 0 aliphatic rings. The fourth-order valence-corrected chi connectivity index (χ4v) is 1.25. The van der Waals surface area contributed by atoms with Crippen LogP contribution >= 0.6 is 0 Å². The van der Waals surface area contributed by atoms with Gasteiger partial charge < -0.3 is 21.4 Å². The van der Waals surface area contributed by atoms with Crippen molar-refractivity contribution in [1.29, 1.82) is 0 Å². The summed E-state index contributed by atoms with van der Waals surface area (Å²) in [5, 5.41) is 5.65. The van der Waals surface area contributed by atoms with Crippen molar-refractivity contribution in [2.45, 2.75) is 20.3 Å². The van der Waals surface area contributed by atoms with Gasteiger partial charge in [-0.3, -0.25) is 9.59 Å². The highest BCUT2D eigenvalue weighted by molar-refractivity contribution is 5.76. The van der Waals surface area contributed by atoms with E-state index in [-0.39, 0.29) is 11.6 Å². The molecule has 5 N–H and O–H groups in total. The normalized spacial score (nSPS) is 10.4. The van der Waals surface area contributed by atoms with Gasteiger partial charge in [0.2, 0.25) is 5.91 Å². The molecule has 1 rings (SSSR count). The number of rotatable bonds is 6. The summed E-state index contributed by atoms with van der Waals surface area (Å²) in [7, 11) is 0. The second-order valence-corrected chi connectivity index (χ2v) is 4.37. The number of aromatic nitrogens is 2. The van der Waals surface area contributed by atoms with Gasteiger partial charge in [-0.1, -0.05) is 13.8 Å². The first kappa shape index (κ1) is 14.0. The standard InChI is InChI=1S/C11H19N5O2/c1-7(2)5-14-8(17)3-4-13-10-9(12)11(18)16-6-15-10/h6-7H,3-5,12H2,1-2H3,(H,14,17)(H2,13,15,16,18). The molecule has 0 aromatic carbocycles. The van der Waals surface area contributed by atoms with Crippen LogP contribution in [0.25, 0.3) is 0 Å². The summed E-state index contributed by atoms with van der Waals surface area (Å²) < 4.78 is 0. The molecule has 7 heteroatoms. The molecular formula is C11H19N5O2. The van der Waals surface area contributed by atoms with Gasteiger partial charge in [0, 0.05) is 19.5 Å². The third-order valence-electron chi connectivity index (χ3n) is 2.24. The number of nitrogens with two attached hydrogens (primary N) is 1. The Hall–Kier alpha value is -2.05. The largest absolute Gasteiger partial charge is 0.391 e. The van der Waals surface area contributed by atoms with Gasteiger partial charge in [-0.2, -0.15) is 0 Å². The Labute approximate surface area is 105 Å². The lowest BCUT2D eigenvalue weighted by Gasteiger charge is -2.09. The molecular weight excluding hydrogens is 234 g/mol. The monoisotopic (exact) mass is 253 g/mol. The van der Waals surface area contributed by atoms with Crippen LogP contribution < -0.4 is 21.9 Å². The number of aromatic amines is 1. The highest BCUT2D eigenvalue weighted by Crippen LogP contribution is 2.06. The fourth-order valence-electron chi connectivity index (χ4n) is 1.25. The molecule has 0 bridgehead atoms. The maximum absolute atomic E-state index is 11.4. The van der Waals surface area contributed by atoms with Crippen molar-refractivity contribution in [3.8, 4) is 0 Å². The number of nitrogen functional groups attached to an aromatic ring is 1. The summed E-state index contributed by atoms with van der Waals surface area (Å²) in [6.45, 7) is 5.09. The van der Waals surface area contributed by atoms with Gasteiger partial charge in [0.1, 0.15) is 5.69 Å². The molecule has 0 saturated carbocycles. The molecule has 1 heterocycles. The molecule has 7 nitrogen and oxygen atoms in total. The van der Waals surface area contributed by atoms with Crippen molar-refractivity contribution < 1.29 is 4.79 Å². The second kappa shape index (κ2) is 6.63. The molecule has 100 valence electrons. The topological polar surface area (TPSA) is 113 Å². The quantitative estimate of drug-likeness (QED) is 0.566. The fraction of sp³-hybridized carbons (Fsp3) is 0.545. The van der Waals surface area contributed by atoms with E-state index < -0.39 is 5.56 Å². The number of anilines is 2. The molecule has 1 aromatic rings. The van der Waals surface area contributed by atoms with Crippen LogP contribution in [0.1, 0.15) is 20.3 Å². The van der Waals surface area contributed by atoms with Gasteiger partial charge in [0.05, 0.1) is 6.33 Å². The molecule has 0 unspecified atom stereocenters. The Morgan fingerprint density at radius 3 is 2.94 bits per heavy atom. The zero-order chi connectivity index (χ0) is 13.5. The molecule has 0 aliphatic heterocycles. The summed E-state index contributed by atoms with van der Waals surface area (Å²) in [5.41, 5.74) is 5.16. The zero-order valence-corrected chi connectivity index (χ0v) is 10.6. The summed E-state index contributed by atoms with van der Waals surface area (Å²) in [5.74, 6) is 0.682. The Morgan fingerprint density at radius 2 is 2.28 bits per heavy atom. The number of nitrogens with one attached hydrogen (secondary N) is 3. The van der Waals surface area contributed by atoms with Crippen LogP contribution in [0.5, 0.6) is 0 Å². The Bertz CT molecular complexity index is 455. The number of amides is 1. The SMILES string of the molecule is CC(C)CNC(=O)CCNc1nc[nH]c(=O)c1N. The summed E-state index contributed by atoms with van der Waals surface area (Å²) >= 11 is 0. The van der Waals surface area contributed by atoms with Gasteiger partial charge in [0.25, 0.3) is 5.56 Å². The molecule has 0 aliphatic carbocycles. The number of nitrogens with zero attached hydrogens (tertiary/aromatic N) is 1. The van der Waals surface area contributed by atoms with Crippen LogP contribution in [-0.2, 0) is 4.79 Å². The lowest BCUT2D eigenvalue weighted by Crippen LogP contribution is -2.29. The van der Waals surface area contributed by atoms with Crippen molar-refractivity contribution in [1.82, 2.24) is 15.3 Å². The van der Waals surface area contributed by atoms with Crippen molar-refractivity contribution >= 4 is 17.4 Å². The molecule has 0 spiro atoms. The molecule has 0 atom stereocenters. The van der Waals surface area contributed by atoms with Crippen LogP contribution in [0.2, 0.25) is 0 Å². The zero-order valence-electron chi connectivity index (χ0n) is 10.6. The van der Waals surface area contributed by atoms with Crippen LogP contribution in [0.4, 0.5) is 11.5 Å². The van der Waals surface area contributed by atoms with Crippen molar-refractivity contribution in [3.05, 3.63) is 16.7 Å². The Kier molecular flexibility index (Phi) is 5.16. The van der Waals surface area contributed by atoms with E-state index in [1.165, 1.54) is 6.33 Å². The van der Waals surface area contributed by atoms with Gasteiger partial charge in [0.15, 0.2) is 5.82 Å². The minimum Gasteiger partial charge on any atom is -0.391 e. The predicted octanol–water partition coefficient (Wildman–Crippen LogP) is -0.0737. The van der Waals surface area contributed by atoms with E-state index in [9.17, 15) is 9.59 Å². The van der Waals surface area contributed by atoms with E-state index in [2.05, 4.69) is 20.6 Å². The minimum atomic E-state index is -0.392. The van der Waals surface area contributed by atoms with Crippen molar-refractivity contribution in [3.63, 3.8) is 0 Å². The van der Waals surface area contributed by atoms with Crippen LogP contribution in [0.15, 0.2) is 11.1 Å². The lowest BCUT2D eigenvalue weighted by molar-refractivity contribution is -0.120. The minimum absolute atomic E-state index is 0.0279. The summed E-state index contributed by atoms with van der Waals surface area (Å²) in [4.78, 5) is 28.8. The maximum atomic E-state index is 11.4. The number of carbonyl (C=O) groups is 1. The summed E-state index contributed by atoms with van der Waals surface area (Å²) in [6, 6.07) is 0. The first-order chi connectivity index (χ1) is 8.50. The third kappa shape index (κ3) is 4.44. The van der Waals surface area contributed by atoms with Gasteiger partial charge in [-0.05, 0) is 5.92 Å². The van der Waals surface area contributed by atoms with E-state index in [0.717, 1.165) is 0 Å².